The molecule has 1 aromatic carbocycles. The van der Waals surface area contributed by atoms with Gasteiger partial charge in [-0.15, -0.1) is 0 Å². The standard InChI is InChI=1S/C16H14N4O3S/c1-11(24-16-17-10-14-6-2-3-8-19(14)16)15(21)18-12-5-4-7-13(9-12)20(22)23/h2-11H,1H3,(H,18,21). The van der Waals surface area contributed by atoms with Gasteiger partial charge in [0.1, 0.15) is 0 Å². The number of benzene rings is 1. The summed E-state index contributed by atoms with van der Waals surface area (Å²) in [5, 5.41) is 13.8. The van der Waals surface area contributed by atoms with Crippen LogP contribution >= 0.6 is 11.8 Å². The molecule has 3 rings (SSSR count). The van der Waals surface area contributed by atoms with Gasteiger partial charge in [0, 0.05) is 24.0 Å². The van der Waals surface area contributed by atoms with Crippen molar-refractivity contribution in [2.45, 2.75) is 17.3 Å². The molecule has 7 nitrogen and oxygen atoms in total. The lowest BCUT2D eigenvalue weighted by Crippen LogP contribution is -2.22. The second kappa shape index (κ2) is 6.71. The summed E-state index contributed by atoms with van der Waals surface area (Å²) < 4.78 is 1.90. The largest absolute Gasteiger partial charge is 0.325 e. The number of hydrogen-bond acceptors (Lipinski definition) is 5. The highest BCUT2D eigenvalue weighted by Gasteiger charge is 2.18. The first kappa shape index (κ1) is 16.0. The molecular weight excluding hydrogens is 328 g/mol. The van der Waals surface area contributed by atoms with E-state index in [9.17, 15) is 14.9 Å². The number of pyridine rings is 1. The van der Waals surface area contributed by atoms with Gasteiger partial charge in [0.15, 0.2) is 5.16 Å². The monoisotopic (exact) mass is 342 g/mol. The van der Waals surface area contributed by atoms with Crippen molar-refractivity contribution in [2.24, 2.45) is 0 Å². The van der Waals surface area contributed by atoms with Crippen molar-refractivity contribution in [3.05, 3.63) is 65.0 Å². The van der Waals surface area contributed by atoms with Gasteiger partial charge in [0.2, 0.25) is 5.91 Å². The van der Waals surface area contributed by atoms with Gasteiger partial charge < -0.3 is 5.32 Å². The number of nitrogens with zero attached hydrogens (tertiary/aromatic N) is 3. The van der Waals surface area contributed by atoms with Gasteiger partial charge in [0.25, 0.3) is 5.69 Å². The lowest BCUT2D eigenvalue weighted by atomic mass is 10.2. The first-order valence-electron chi connectivity index (χ1n) is 7.18. The van der Waals surface area contributed by atoms with E-state index in [0.29, 0.717) is 10.8 Å². The van der Waals surface area contributed by atoms with Crippen LogP contribution in [0.15, 0.2) is 60.0 Å². The molecule has 24 heavy (non-hydrogen) atoms. The average Bonchev–Trinajstić information content (AvgIpc) is 2.98. The molecule has 0 fully saturated rings. The average molecular weight is 342 g/mol. The number of fused-ring (bicyclic) bond motifs is 1. The normalized spacial score (nSPS) is 12.0. The predicted octanol–water partition coefficient (Wildman–Crippen LogP) is 3.36. The topological polar surface area (TPSA) is 89.5 Å². The SMILES string of the molecule is CC(Sc1ncc2ccccn12)C(=O)Nc1cccc([N+](=O)[O-])c1. The molecule has 2 aromatic heterocycles. The van der Waals surface area contributed by atoms with Crippen molar-refractivity contribution in [1.82, 2.24) is 9.38 Å². The quantitative estimate of drug-likeness (QED) is 0.436. The third kappa shape index (κ3) is 3.38. The molecule has 122 valence electrons. The summed E-state index contributed by atoms with van der Waals surface area (Å²) in [4.78, 5) is 26.9. The molecule has 0 bridgehead atoms. The highest BCUT2D eigenvalue weighted by molar-refractivity contribution is 8.00. The van der Waals surface area contributed by atoms with E-state index in [1.165, 1.54) is 30.0 Å². The molecular formula is C16H14N4O3S. The smallest absolute Gasteiger partial charge is 0.271 e. The molecule has 0 aliphatic heterocycles. The van der Waals surface area contributed by atoms with Crippen LogP contribution in [0, 0.1) is 10.1 Å². The number of imidazole rings is 1. The molecule has 2 heterocycles. The Balaban J connectivity index is 1.71. The number of nitro benzene ring substituents is 1. The molecule has 1 N–H and O–H groups in total. The van der Waals surface area contributed by atoms with Gasteiger partial charge in [-0.2, -0.15) is 0 Å². The number of carbonyl (C=O) groups is 1. The van der Waals surface area contributed by atoms with Crippen molar-refractivity contribution < 1.29 is 9.72 Å². The van der Waals surface area contributed by atoms with Gasteiger partial charge in [0.05, 0.1) is 21.9 Å². The third-order valence-electron chi connectivity index (χ3n) is 3.38. The molecule has 0 aliphatic carbocycles. The Hall–Kier alpha value is -2.87. The van der Waals surface area contributed by atoms with Crippen molar-refractivity contribution >= 4 is 34.6 Å². The molecule has 0 spiro atoms. The number of thioether (sulfide) groups is 1. The summed E-state index contributed by atoms with van der Waals surface area (Å²) in [5.74, 6) is -0.242. The number of hydrogen-bond donors (Lipinski definition) is 1. The molecule has 8 heteroatoms. The van der Waals surface area contributed by atoms with Crippen molar-refractivity contribution in [3.63, 3.8) is 0 Å². The molecule has 0 radical (unpaired) electrons. The minimum atomic E-state index is -0.496. The summed E-state index contributed by atoms with van der Waals surface area (Å²) >= 11 is 1.32. The zero-order valence-corrected chi connectivity index (χ0v) is 13.6. The van der Waals surface area contributed by atoms with E-state index in [0.717, 1.165) is 5.52 Å². The van der Waals surface area contributed by atoms with Crippen molar-refractivity contribution in [2.75, 3.05) is 5.32 Å². The van der Waals surface area contributed by atoms with Crippen LogP contribution in [0.3, 0.4) is 0 Å². The van der Waals surface area contributed by atoms with Crippen molar-refractivity contribution in [1.29, 1.82) is 0 Å². The first-order chi connectivity index (χ1) is 11.5. The number of anilines is 1. The summed E-state index contributed by atoms with van der Waals surface area (Å²) in [6.07, 6.45) is 3.63. The van der Waals surface area contributed by atoms with Gasteiger partial charge in [-0.25, -0.2) is 4.98 Å². The molecule has 3 aromatic rings. The fraction of sp³-hybridized carbons (Fsp3) is 0.125. The van der Waals surface area contributed by atoms with Gasteiger partial charge >= 0.3 is 0 Å². The molecule has 0 aliphatic rings. The fourth-order valence-corrected chi connectivity index (χ4v) is 3.03. The van der Waals surface area contributed by atoms with Gasteiger partial charge in [-0.1, -0.05) is 23.9 Å². The lowest BCUT2D eigenvalue weighted by Gasteiger charge is -2.11. The van der Waals surface area contributed by atoms with E-state index in [-0.39, 0.29) is 11.6 Å². The molecule has 1 amide bonds. The van der Waals surface area contributed by atoms with E-state index in [1.807, 2.05) is 28.8 Å². The molecule has 1 atom stereocenters. The number of carbonyl (C=O) groups excluding carboxylic acids is 1. The van der Waals surface area contributed by atoms with Crippen LogP contribution in [0.5, 0.6) is 0 Å². The number of non-ortho nitro benzene ring substituents is 1. The molecule has 1 unspecified atom stereocenters. The Kier molecular flexibility index (Phi) is 4.48. The highest BCUT2D eigenvalue weighted by Crippen LogP contribution is 2.24. The number of aromatic nitrogens is 2. The Bertz CT molecular complexity index is 909. The van der Waals surface area contributed by atoms with Crippen LogP contribution in [-0.2, 0) is 4.79 Å². The molecule has 0 saturated carbocycles. The van der Waals surface area contributed by atoms with E-state index in [1.54, 1.807) is 19.2 Å². The second-order valence-electron chi connectivity index (χ2n) is 5.09. The summed E-state index contributed by atoms with van der Waals surface area (Å²) in [5.41, 5.74) is 1.29. The number of nitro groups is 1. The van der Waals surface area contributed by atoms with E-state index < -0.39 is 10.2 Å². The van der Waals surface area contributed by atoms with Crippen LogP contribution in [-0.4, -0.2) is 25.5 Å². The Morgan fingerprint density at radius 2 is 2.17 bits per heavy atom. The fourth-order valence-electron chi connectivity index (χ4n) is 2.16. The maximum Gasteiger partial charge on any atom is 0.271 e. The Morgan fingerprint density at radius 1 is 1.33 bits per heavy atom. The zero-order valence-electron chi connectivity index (χ0n) is 12.7. The minimum Gasteiger partial charge on any atom is -0.325 e. The van der Waals surface area contributed by atoms with E-state index in [4.69, 9.17) is 0 Å². The predicted molar refractivity (Wildman–Crippen MR) is 92.2 cm³/mol. The summed E-state index contributed by atoms with van der Waals surface area (Å²) in [6.45, 7) is 1.77. The minimum absolute atomic E-state index is 0.0626. The number of amides is 1. The summed E-state index contributed by atoms with van der Waals surface area (Å²) in [6, 6.07) is 11.6. The van der Waals surface area contributed by atoms with Crippen LogP contribution in [0.2, 0.25) is 0 Å². The van der Waals surface area contributed by atoms with Crippen LogP contribution in [0.1, 0.15) is 6.92 Å². The Labute approximate surface area is 141 Å². The van der Waals surface area contributed by atoms with E-state index in [2.05, 4.69) is 10.3 Å². The highest BCUT2D eigenvalue weighted by atomic mass is 32.2. The van der Waals surface area contributed by atoms with E-state index >= 15 is 0 Å². The van der Waals surface area contributed by atoms with Gasteiger partial charge in [-0.05, 0) is 25.1 Å². The van der Waals surface area contributed by atoms with Crippen LogP contribution < -0.4 is 5.32 Å². The lowest BCUT2D eigenvalue weighted by molar-refractivity contribution is -0.384. The Morgan fingerprint density at radius 3 is 2.96 bits per heavy atom. The third-order valence-corrected chi connectivity index (χ3v) is 4.46. The first-order valence-corrected chi connectivity index (χ1v) is 8.06. The second-order valence-corrected chi connectivity index (χ2v) is 6.40. The zero-order chi connectivity index (χ0) is 17.1. The van der Waals surface area contributed by atoms with Crippen LogP contribution in [0.25, 0.3) is 5.52 Å². The van der Waals surface area contributed by atoms with Crippen LogP contribution in [0.4, 0.5) is 11.4 Å². The number of rotatable bonds is 5. The summed E-state index contributed by atoms with van der Waals surface area (Å²) in [7, 11) is 0. The number of nitrogens with one attached hydrogen (secondary N) is 1. The maximum absolute atomic E-state index is 12.3. The molecule has 0 saturated heterocycles. The van der Waals surface area contributed by atoms with Gasteiger partial charge in [-0.3, -0.25) is 19.3 Å². The maximum atomic E-state index is 12.3. The van der Waals surface area contributed by atoms with Crippen molar-refractivity contribution in [3.8, 4) is 0 Å².